The average molecular weight is 162 g/mol. The lowest BCUT2D eigenvalue weighted by Gasteiger charge is -2.18. The Kier molecular flexibility index (Phi) is 1.70. The molecule has 0 spiro atoms. The number of Topliss-reactive ketones (excluding diaryl/α,β-unsaturated/α-hetero) is 1. The maximum atomic E-state index is 11.4. The third-order valence-electron chi connectivity index (χ3n) is 2.27. The van der Waals surface area contributed by atoms with Gasteiger partial charge in [0.1, 0.15) is 6.10 Å². The Hall–Kier alpha value is -1.15. The number of carbonyl (C=O) groups is 1. The lowest BCUT2D eigenvalue weighted by Crippen LogP contribution is -2.26. The molecule has 2 nitrogen and oxygen atoms in total. The summed E-state index contributed by atoms with van der Waals surface area (Å²) in [6.45, 7) is 0. The number of aliphatic hydroxyl groups is 1. The van der Waals surface area contributed by atoms with Gasteiger partial charge >= 0.3 is 0 Å². The van der Waals surface area contributed by atoms with Gasteiger partial charge in [0.15, 0.2) is 5.78 Å². The molecule has 0 unspecified atom stereocenters. The Morgan fingerprint density at radius 2 is 2.08 bits per heavy atom. The molecule has 1 atom stereocenters. The quantitative estimate of drug-likeness (QED) is 0.622. The molecule has 1 aliphatic rings. The smallest absolute Gasteiger partial charge is 0.191 e. The Balaban J connectivity index is 2.49. The van der Waals surface area contributed by atoms with Gasteiger partial charge in [0.05, 0.1) is 0 Å². The summed E-state index contributed by atoms with van der Waals surface area (Å²) >= 11 is 0. The van der Waals surface area contributed by atoms with Crippen LogP contribution in [-0.2, 0) is 6.42 Å². The Labute approximate surface area is 70.8 Å². The van der Waals surface area contributed by atoms with Crippen molar-refractivity contribution < 1.29 is 9.90 Å². The maximum Gasteiger partial charge on any atom is 0.191 e. The average Bonchev–Trinajstić information content (AvgIpc) is 2.12. The third kappa shape index (κ3) is 1.04. The summed E-state index contributed by atoms with van der Waals surface area (Å²) in [4.78, 5) is 11.4. The number of benzene rings is 1. The van der Waals surface area contributed by atoms with E-state index in [4.69, 9.17) is 0 Å². The van der Waals surface area contributed by atoms with E-state index in [2.05, 4.69) is 0 Å². The zero-order chi connectivity index (χ0) is 8.55. The Morgan fingerprint density at radius 1 is 1.33 bits per heavy atom. The van der Waals surface area contributed by atoms with Gasteiger partial charge in [-0.1, -0.05) is 24.3 Å². The highest BCUT2D eigenvalue weighted by molar-refractivity contribution is 6.01. The third-order valence-corrected chi connectivity index (χ3v) is 2.27. The van der Waals surface area contributed by atoms with E-state index in [0.29, 0.717) is 12.0 Å². The molecule has 1 N–H and O–H groups in total. The maximum absolute atomic E-state index is 11.4. The monoisotopic (exact) mass is 162 g/mol. The number of rotatable bonds is 0. The second-order valence-electron chi connectivity index (χ2n) is 3.08. The molecule has 0 radical (unpaired) electrons. The van der Waals surface area contributed by atoms with Crippen LogP contribution in [0.4, 0.5) is 0 Å². The van der Waals surface area contributed by atoms with Crippen molar-refractivity contribution in [1.82, 2.24) is 0 Å². The number of aliphatic hydroxyl groups excluding tert-OH is 1. The minimum absolute atomic E-state index is 0.128. The SMILES string of the molecule is O=C1c2ccccc2CC[C@H]1O. The molecule has 1 aromatic carbocycles. The number of ketones is 1. The molecular formula is C10H10O2. The molecule has 62 valence electrons. The number of fused-ring (bicyclic) bond motifs is 1. The van der Waals surface area contributed by atoms with E-state index < -0.39 is 6.10 Å². The van der Waals surface area contributed by atoms with Gasteiger partial charge in [0.2, 0.25) is 0 Å². The van der Waals surface area contributed by atoms with Crippen molar-refractivity contribution in [3.05, 3.63) is 35.4 Å². The van der Waals surface area contributed by atoms with Crippen LogP contribution >= 0.6 is 0 Å². The molecule has 12 heavy (non-hydrogen) atoms. The largest absolute Gasteiger partial charge is 0.385 e. The first kappa shape index (κ1) is 7.50. The van der Waals surface area contributed by atoms with Crippen LogP contribution in [-0.4, -0.2) is 17.0 Å². The lowest BCUT2D eigenvalue weighted by atomic mass is 9.89. The van der Waals surface area contributed by atoms with E-state index in [1.165, 1.54) is 0 Å². The second-order valence-corrected chi connectivity index (χ2v) is 3.08. The van der Waals surface area contributed by atoms with E-state index in [1.54, 1.807) is 6.07 Å². The number of hydrogen-bond acceptors (Lipinski definition) is 2. The Bertz CT molecular complexity index is 317. The van der Waals surface area contributed by atoms with E-state index in [9.17, 15) is 9.90 Å². The summed E-state index contributed by atoms with van der Waals surface area (Å²) in [6.07, 6.45) is 0.596. The first-order chi connectivity index (χ1) is 5.79. The van der Waals surface area contributed by atoms with Crippen LogP contribution in [0.5, 0.6) is 0 Å². The van der Waals surface area contributed by atoms with E-state index >= 15 is 0 Å². The van der Waals surface area contributed by atoms with Crippen LogP contribution in [0, 0.1) is 0 Å². The normalized spacial score (nSPS) is 22.1. The van der Waals surface area contributed by atoms with Gasteiger partial charge in [0, 0.05) is 5.56 Å². The first-order valence-corrected chi connectivity index (χ1v) is 4.09. The van der Waals surface area contributed by atoms with Gasteiger partial charge in [-0.25, -0.2) is 0 Å². The van der Waals surface area contributed by atoms with E-state index in [1.807, 2.05) is 18.2 Å². The molecule has 0 bridgehead atoms. The van der Waals surface area contributed by atoms with E-state index in [-0.39, 0.29) is 5.78 Å². The van der Waals surface area contributed by atoms with Crippen molar-refractivity contribution in [2.45, 2.75) is 18.9 Å². The van der Waals surface area contributed by atoms with Crippen molar-refractivity contribution in [2.24, 2.45) is 0 Å². The zero-order valence-corrected chi connectivity index (χ0v) is 6.66. The van der Waals surface area contributed by atoms with Crippen molar-refractivity contribution in [1.29, 1.82) is 0 Å². The molecule has 0 aliphatic heterocycles. The molecule has 1 aliphatic carbocycles. The molecular weight excluding hydrogens is 152 g/mol. The molecule has 0 heterocycles. The van der Waals surface area contributed by atoms with Crippen LogP contribution in [0.2, 0.25) is 0 Å². The minimum atomic E-state index is -0.778. The molecule has 0 fully saturated rings. The summed E-state index contributed by atoms with van der Waals surface area (Å²) in [6, 6.07) is 7.47. The van der Waals surface area contributed by atoms with Crippen LogP contribution in [0.1, 0.15) is 22.3 Å². The first-order valence-electron chi connectivity index (χ1n) is 4.09. The van der Waals surface area contributed by atoms with Gasteiger partial charge in [-0.15, -0.1) is 0 Å². The van der Waals surface area contributed by atoms with Crippen molar-refractivity contribution in [3.63, 3.8) is 0 Å². The topological polar surface area (TPSA) is 37.3 Å². The molecule has 2 rings (SSSR count). The number of carbonyl (C=O) groups excluding carboxylic acids is 1. The standard InChI is InChI=1S/C10H10O2/c11-9-6-5-7-3-1-2-4-8(7)10(9)12/h1-4,9,11H,5-6H2/t9-/m1/s1. The molecule has 1 aromatic rings. The van der Waals surface area contributed by atoms with E-state index in [0.717, 1.165) is 12.0 Å². The molecule has 0 saturated carbocycles. The predicted octanol–water partition coefficient (Wildman–Crippen LogP) is 1.18. The highest BCUT2D eigenvalue weighted by Crippen LogP contribution is 2.20. The van der Waals surface area contributed by atoms with Crippen molar-refractivity contribution in [2.75, 3.05) is 0 Å². The highest BCUT2D eigenvalue weighted by atomic mass is 16.3. The predicted molar refractivity (Wildman–Crippen MR) is 45.1 cm³/mol. The summed E-state index contributed by atoms with van der Waals surface area (Å²) < 4.78 is 0. The number of hydrogen-bond donors (Lipinski definition) is 1. The fraction of sp³-hybridized carbons (Fsp3) is 0.300. The fourth-order valence-electron chi connectivity index (χ4n) is 1.58. The van der Waals surface area contributed by atoms with Crippen LogP contribution < -0.4 is 0 Å². The van der Waals surface area contributed by atoms with Gasteiger partial charge in [-0.05, 0) is 18.4 Å². The minimum Gasteiger partial charge on any atom is -0.385 e. The molecule has 0 aromatic heterocycles. The zero-order valence-electron chi connectivity index (χ0n) is 6.66. The molecule has 0 amide bonds. The van der Waals surface area contributed by atoms with Gasteiger partial charge in [-0.2, -0.15) is 0 Å². The van der Waals surface area contributed by atoms with Crippen LogP contribution in [0.3, 0.4) is 0 Å². The summed E-state index contributed by atoms with van der Waals surface area (Å²) in [5.74, 6) is -0.128. The highest BCUT2D eigenvalue weighted by Gasteiger charge is 2.24. The Morgan fingerprint density at radius 3 is 2.92 bits per heavy atom. The van der Waals surface area contributed by atoms with Gasteiger partial charge < -0.3 is 5.11 Å². The summed E-state index contributed by atoms with van der Waals surface area (Å²) in [5, 5.41) is 9.27. The second kappa shape index (κ2) is 2.72. The summed E-state index contributed by atoms with van der Waals surface area (Å²) in [5.41, 5.74) is 1.75. The lowest BCUT2D eigenvalue weighted by molar-refractivity contribution is 0.0712. The fourth-order valence-corrected chi connectivity index (χ4v) is 1.58. The number of aryl methyl sites for hydroxylation is 1. The van der Waals surface area contributed by atoms with Crippen molar-refractivity contribution >= 4 is 5.78 Å². The van der Waals surface area contributed by atoms with Crippen LogP contribution in [0.15, 0.2) is 24.3 Å². The van der Waals surface area contributed by atoms with Gasteiger partial charge in [0.25, 0.3) is 0 Å². The van der Waals surface area contributed by atoms with Crippen molar-refractivity contribution in [3.8, 4) is 0 Å². The van der Waals surface area contributed by atoms with Crippen LogP contribution in [0.25, 0.3) is 0 Å². The molecule has 2 heteroatoms. The molecule has 0 saturated heterocycles. The summed E-state index contributed by atoms with van der Waals surface area (Å²) in [7, 11) is 0. The van der Waals surface area contributed by atoms with Gasteiger partial charge in [-0.3, -0.25) is 4.79 Å².